The van der Waals surface area contributed by atoms with Gasteiger partial charge in [-0.3, -0.25) is 4.79 Å². The minimum absolute atomic E-state index is 0.0655. The molecular formula is C17H23N3O2. The third-order valence-corrected chi connectivity index (χ3v) is 3.77. The Hall–Kier alpha value is -2.14. The van der Waals surface area contributed by atoms with E-state index < -0.39 is 0 Å². The van der Waals surface area contributed by atoms with Crippen LogP contribution in [0.2, 0.25) is 0 Å². The van der Waals surface area contributed by atoms with Crippen molar-refractivity contribution >= 4 is 5.91 Å². The van der Waals surface area contributed by atoms with Crippen molar-refractivity contribution in [3.63, 3.8) is 0 Å². The summed E-state index contributed by atoms with van der Waals surface area (Å²) < 4.78 is 5.12. The third-order valence-electron chi connectivity index (χ3n) is 3.77. The zero-order valence-corrected chi connectivity index (χ0v) is 13.2. The molecule has 0 saturated heterocycles. The largest absolute Gasteiger partial charge is 0.361 e. The topological polar surface area (TPSA) is 72.4 Å². The van der Waals surface area contributed by atoms with Crippen molar-refractivity contribution in [3.05, 3.63) is 52.9 Å². The molecule has 0 bridgehead atoms. The second-order valence-corrected chi connectivity index (χ2v) is 5.38. The number of aryl methyl sites for hydroxylation is 2. The smallest absolute Gasteiger partial charge is 0.227 e. The maximum atomic E-state index is 12.5. The molecule has 0 atom stereocenters. The van der Waals surface area contributed by atoms with Crippen LogP contribution in [0.4, 0.5) is 0 Å². The van der Waals surface area contributed by atoms with Crippen molar-refractivity contribution in [2.45, 2.75) is 26.7 Å². The molecule has 0 saturated carbocycles. The van der Waals surface area contributed by atoms with Gasteiger partial charge in [0.05, 0.1) is 12.1 Å². The van der Waals surface area contributed by atoms with Crippen LogP contribution in [-0.4, -0.2) is 35.6 Å². The number of hydrogen-bond acceptors (Lipinski definition) is 4. The second-order valence-electron chi connectivity index (χ2n) is 5.38. The zero-order valence-electron chi connectivity index (χ0n) is 13.2. The number of carbonyl (C=O) groups is 1. The molecule has 5 heteroatoms. The molecule has 2 aromatic rings. The van der Waals surface area contributed by atoms with Crippen molar-refractivity contribution in [1.29, 1.82) is 0 Å². The van der Waals surface area contributed by atoms with E-state index in [1.54, 1.807) is 0 Å². The number of nitrogens with zero attached hydrogens (tertiary/aromatic N) is 2. The summed E-state index contributed by atoms with van der Waals surface area (Å²) in [7, 11) is 0. The second kappa shape index (κ2) is 7.75. The Morgan fingerprint density at radius 1 is 1.23 bits per heavy atom. The molecule has 0 aliphatic rings. The molecule has 1 aromatic carbocycles. The number of hydrogen-bond donors (Lipinski definition) is 1. The first kappa shape index (κ1) is 16.2. The van der Waals surface area contributed by atoms with Crippen molar-refractivity contribution in [1.82, 2.24) is 10.1 Å². The molecule has 0 radical (unpaired) electrons. The molecule has 0 aliphatic carbocycles. The summed E-state index contributed by atoms with van der Waals surface area (Å²) >= 11 is 0. The number of amides is 1. The van der Waals surface area contributed by atoms with E-state index in [-0.39, 0.29) is 5.91 Å². The summed E-state index contributed by atoms with van der Waals surface area (Å²) in [6.45, 7) is 5.39. The van der Waals surface area contributed by atoms with Gasteiger partial charge in [-0.1, -0.05) is 35.5 Å². The Balaban J connectivity index is 1.99. The number of rotatable bonds is 7. The van der Waals surface area contributed by atoms with Crippen LogP contribution in [0, 0.1) is 13.8 Å². The van der Waals surface area contributed by atoms with Crippen molar-refractivity contribution in [2.24, 2.45) is 5.73 Å². The van der Waals surface area contributed by atoms with Gasteiger partial charge in [0.1, 0.15) is 5.76 Å². The SMILES string of the molecule is Cc1noc(C)c1CC(=O)N(CCN)CCc1ccccc1. The highest BCUT2D eigenvalue weighted by atomic mass is 16.5. The van der Waals surface area contributed by atoms with E-state index in [1.807, 2.05) is 36.9 Å². The molecule has 1 amide bonds. The Morgan fingerprint density at radius 2 is 1.95 bits per heavy atom. The molecule has 2 N–H and O–H groups in total. The van der Waals surface area contributed by atoms with Gasteiger partial charge in [0, 0.05) is 25.2 Å². The summed E-state index contributed by atoms with van der Waals surface area (Å²) in [5.74, 6) is 0.775. The van der Waals surface area contributed by atoms with Crippen LogP contribution in [0.15, 0.2) is 34.9 Å². The summed E-state index contributed by atoms with van der Waals surface area (Å²) in [6, 6.07) is 10.1. The molecule has 0 aliphatic heterocycles. The van der Waals surface area contributed by atoms with Crippen LogP contribution in [0.25, 0.3) is 0 Å². The van der Waals surface area contributed by atoms with Crippen LogP contribution in [0.1, 0.15) is 22.6 Å². The van der Waals surface area contributed by atoms with E-state index in [0.717, 1.165) is 17.7 Å². The summed E-state index contributed by atoms with van der Waals surface area (Å²) in [6.07, 6.45) is 1.14. The molecule has 2 rings (SSSR count). The average molecular weight is 301 g/mol. The molecule has 1 aromatic heterocycles. The lowest BCUT2D eigenvalue weighted by molar-refractivity contribution is -0.130. The molecule has 118 valence electrons. The van der Waals surface area contributed by atoms with E-state index >= 15 is 0 Å². The first-order chi connectivity index (χ1) is 10.6. The highest BCUT2D eigenvalue weighted by Crippen LogP contribution is 2.14. The van der Waals surface area contributed by atoms with Crippen molar-refractivity contribution in [2.75, 3.05) is 19.6 Å². The van der Waals surface area contributed by atoms with Gasteiger partial charge in [0.25, 0.3) is 0 Å². The van der Waals surface area contributed by atoms with E-state index in [4.69, 9.17) is 10.3 Å². The lowest BCUT2D eigenvalue weighted by atomic mass is 10.1. The number of nitrogens with two attached hydrogens (primary N) is 1. The van der Waals surface area contributed by atoms with Gasteiger partial charge < -0.3 is 15.2 Å². The van der Waals surface area contributed by atoms with Gasteiger partial charge in [-0.15, -0.1) is 0 Å². The van der Waals surface area contributed by atoms with Gasteiger partial charge in [-0.05, 0) is 25.8 Å². The van der Waals surface area contributed by atoms with Crippen molar-refractivity contribution < 1.29 is 9.32 Å². The van der Waals surface area contributed by atoms with Crippen LogP contribution in [-0.2, 0) is 17.6 Å². The zero-order chi connectivity index (χ0) is 15.9. The predicted molar refractivity (Wildman–Crippen MR) is 85.5 cm³/mol. The normalized spacial score (nSPS) is 10.7. The van der Waals surface area contributed by atoms with E-state index in [9.17, 15) is 4.79 Å². The molecule has 0 unspecified atom stereocenters. The molecular weight excluding hydrogens is 278 g/mol. The Kier molecular flexibility index (Phi) is 5.72. The fourth-order valence-electron chi connectivity index (χ4n) is 2.44. The highest BCUT2D eigenvalue weighted by Gasteiger charge is 2.18. The standard InChI is InChI=1S/C17H23N3O2/c1-13-16(14(2)22-19-13)12-17(21)20(11-9-18)10-8-15-6-4-3-5-7-15/h3-7H,8-12,18H2,1-2H3. The fourth-order valence-corrected chi connectivity index (χ4v) is 2.44. The van der Waals surface area contributed by atoms with Gasteiger partial charge in [-0.25, -0.2) is 0 Å². The molecule has 0 spiro atoms. The minimum Gasteiger partial charge on any atom is -0.361 e. The molecule has 22 heavy (non-hydrogen) atoms. The summed E-state index contributed by atoms with van der Waals surface area (Å²) in [5, 5.41) is 3.90. The Labute approximate surface area is 131 Å². The molecule has 1 heterocycles. The van der Waals surface area contributed by atoms with Gasteiger partial charge in [0.15, 0.2) is 0 Å². The lowest BCUT2D eigenvalue weighted by Gasteiger charge is -2.22. The first-order valence-electron chi connectivity index (χ1n) is 7.55. The van der Waals surface area contributed by atoms with E-state index in [0.29, 0.717) is 31.8 Å². The fraction of sp³-hybridized carbons (Fsp3) is 0.412. The number of aromatic nitrogens is 1. The molecule has 5 nitrogen and oxygen atoms in total. The van der Waals surface area contributed by atoms with Gasteiger partial charge in [0.2, 0.25) is 5.91 Å². The molecule has 0 fully saturated rings. The van der Waals surface area contributed by atoms with Crippen LogP contribution < -0.4 is 5.73 Å². The number of carbonyl (C=O) groups excluding carboxylic acids is 1. The van der Waals surface area contributed by atoms with E-state index in [1.165, 1.54) is 5.56 Å². The maximum Gasteiger partial charge on any atom is 0.227 e. The van der Waals surface area contributed by atoms with Crippen molar-refractivity contribution in [3.8, 4) is 0 Å². The van der Waals surface area contributed by atoms with Crippen LogP contribution >= 0.6 is 0 Å². The summed E-state index contributed by atoms with van der Waals surface area (Å²) in [5.41, 5.74) is 8.52. The van der Waals surface area contributed by atoms with Gasteiger partial charge >= 0.3 is 0 Å². The quantitative estimate of drug-likeness (QED) is 0.847. The lowest BCUT2D eigenvalue weighted by Crippen LogP contribution is -2.38. The predicted octanol–water partition coefficient (Wildman–Crippen LogP) is 1.86. The number of benzene rings is 1. The Bertz CT molecular complexity index is 588. The average Bonchev–Trinajstić information content (AvgIpc) is 2.84. The van der Waals surface area contributed by atoms with E-state index in [2.05, 4.69) is 17.3 Å². The third kappa shape index (κ3) is 4.18. The first-order valence-corrected chi connectivity index (χ1v) is 7.55. The Morgan fingerprint density at radius 3 is 2.55 bits per heavy atom. The highest BCUT2D eigenvalue weighted by molar-refractivity contribution is 5.79. The van der Waals surface area contributed by atoms with Gasteiger partial charge in [-0.2, -0.15) is 0 Å². The van der Waals surface area contributed by atoms with Crippen LogP contribution in [0.5, 0.6) is 0 Å². The van der Waals surface area contributed by atoms with Crippen LogP contribution in [0.3, 0.4) is 0 Å². The summed E-state index contributed by atoms with van der Waals surface area (Å²) in [4.78, 5) is 14.3. The maximum absolute atomic E-state index is 12.5. The minimum atomic E-state index is 0.0655. The monoisotopic (exact) mass is 301 g/mol.